The molecule has 0 bridgehead atoms. The molecule has 0 aliphatic carbocycles. The van der Waals surface area contributed by atoms with Crippen LogP contribution in [0.3, 0.4) is 0 Å². The Hall–Kier alpha value is -2.05. The predicted octanol–water partition coefficient (Wildman–Crippen LogP) is 21.3. The lowest BCUT2D eigenvalue weighted by molar-refractivity contribution is -0.359. The molecule has 2 saturated heterocycles. The fraction of sp³-hybridized carbons (Fsp3) is 0.899. The highest BCUT2D eigenvalue weighted by atomic mass is 16.7. The standard InChI is InChI=1S/C89H167NO13/c1-3-5-7-9-11-13-15-17-19-21-23-25-27-29-31-33-34-35-36-37-38-39-40-41-42-43-44-45-47-49-51-53-55-57-59-61-63-65-67-69-71-73-81(94)90-77(76-100-88-86(99)84(97)87(80(75-92)102-88)103-89-85(98)83(96)82(95)79(74-91)101-89)78(93)72-70-68-66-64-62-60-58-56-54-52-50-48-46-32-30-28-26-24-22-20-18-16-14-12-10-8-6-4-2/h15,17,21,23,62,64,70,72,77-80,82-89,91-93,95-99H,3-14,16,18-20,22,24-61,63,65-69,71,73-76H2,1-2H3,(H,90,94)/b17-15-,23-21-,64-62+,72-70+. The van der Waals surface area contributed by atoms with E-state index in [1.165, 1.54) is 347 Å². The normalized spacial score (nSPS) is 21.7. The molecule has 2 aliphatic heterocycles. The molecule has 2 rings (SSSR count). The molecule has 1 amide bonds. The highest BCUT2D eigenvalue weighted by molar-refractivity contribution is 5.76. The molecule has 12 unspecified atom stereocenters. The van der Waals surface area contributed by atoms with Crippen molar-refractivity contribution >= 4 is 5.91 Å². The smallest absolute Gasteiger partial charge is 0.220 e. The molecule has 0 aromatic rings. The molecule has 2 fully saturated rings. The Morgan fingerprint density at radius 3 is 1.01 bits per heavy atom. The third kappa shape index (κ3) is 55.1. The van der Waals surface area contributed by atoms with Crippen LogP contribution in [0.1, 0.15) is 418 Å². The van der Waals surface area contributed by atoms with Gasteiger partial charge in [-0.15, -0.1) is 0 Å². The summed E-state index contributed by atoms with van der Waals surface area (Å²) in [4.78, 5) is 13.4. The maximum absolute atomic E-state index is 13.4. The van der Waals surface area contributed by atoms with E-state index in [-0.39, 0.29) is 18.9 Å². The second-order valence-electron chi connectivity index (χ2n) is 31.4. The number of rotatable bonds is 76. The minimum atomic E-state index is -1.79. The average molecular weight is 1460 g/mol. The van der Waals surface area contributed by atoms with Gasteiger partial charge in [0, 0.05) is 6.42 Å². The number of amides is 1. The summed E-state index contributed by atoms with van der Waals surface area (Å²) in [5, 5.41) is 87.8. The lowest BCUT2D eigenvalue weighted by Crippen LogP contribution is -2.65. The molecule has 9 N–H and O–H groups in total. The summed E-state index contributed by atoms with van der Waals surface area (Å²) in [5.41, 5.74) is 0. The van der Waals surface area contributed by atoms with Gasteiger partial charge in [0.05, 0.1) is 32.0 Å². The molecule has 606 valence electrons. The van der Waals surface area contributed by atoms with E-state index in [1.54, 1.807) is 6.08 Å². The van der Waals surface area contributed by atoms with Crippen LogP contribution in [0.5, 0.6) is 0 Å². The van der Waals surface area contributed by atoms with Crippen LogP contribution in [0.15, 0.2) is 48.6 Å². The van der Waals surface area contributed by atoms with Gasteiger partial charge in [0.1, 0.15) is 48.8 Å². The largest absolute Gasteiger partial charge is 0.394 e. The van der Waals surface area contributed by atoms with Crippen LogP contribution in [0, 0.1) is 0 Å². The highest BCUT2D eigenvalue weighted by Crippen LogP contribution is 2.31. The third-order valence-electron chi connectivity index (χ3n) is 21.7. The van der Waals surface area contributed by atoms with Gasteiger partial charge in [0.25, 0.3) is 0 Å². The van der Waals surface area contributed by atoms with Crippen LogP contribution in [0.25, 0.3) is 0 Å². The Kier molecular flexibility index (Phi) is 68.6. The van der Waals surface area contributed by atoms with Gasteiger partial charge >= 0.3 is 0 Å². The summed E-state index contributed by atoms with van der Waals surface area (Å²) < 4.78 is 22.9. The molecule has 2 heterocycles. The number of ether oxygens (including phenoxy) is 4. The Balaban J connectivity index is 1.56. The van der Waals surface area contributed by atoms with Crippen LogP contribution < -0.4 is 5.32 Å². The predicted molar refractivity (Wildman–Crippen MR) is 429 cm³/mol. The van der Waals surface area contributed by atoms with Gasteiger partial charge in [-0.25, -0.2) is 0 Å². The molecular formula is C89H167NO13. The lowest BCUT2D eigenvalue weighted by atomic mass is 9.97. The van der Waals surface area contributed by atoms with Crippen molar-refractivity contribution in [2.24, 2.45) is 0 Å². The highest BCUT2D eigenvalue weighted by Gasteiger charge is 2.51. The van der Waals surface area contributed by atoms with Gasteiger partial charge in [-0.05, 0) is 64.2 Å². The summed E-state index contributed by atoms with van der Waals surface area (Å²) in [6, 6.07) is -0.933. The van der Waals surface area contributed by atoms with Gasteiger partial charge in [0.15, 0.2) is 12.6 Å². The van der Waals surface area contributed by atoms with E-state index in [0.29, 0.717) is 12.8 Å². The summed E-state index contributed by atoms with van der Waals surface area (Å²) in [6.07, 6.45) is 82.4. The van der Waals surface area contributed by atoms with Crippen LogP contribution >= 0.6 is 0 Å². The summed E-state index contributed by atoms with van der Waals surface area (Å²) in [7, 11) is 0. The molecule has 103 heavy (non-hydrogen) atoms. The maximum atomic E-state index is 13.4. The van der Waals surface area contributed by atoms with Gasteiger partial charge in [-0.1, -0.05) is 396 Å². The second-order valence-corrected chi connectivity index (χ2v) is 31.4. The number of carbonyl (C=O) groups excluding carboxylic acids is 1. The molecule has 0 aromatic carbocycles. The Bertz CT molecular complexity index is 1920. The molecule has 0 aromatic heterocycles. The van der Waals surface area contributed by atoms with Crippen molar-refractivity contribution in [2.45, 2.75) is 492 Å². The van der Waals surface area contributed by atoms with E-state index in [1.807, 2.05) is 6.08 Å². The van der Waals surface area contributed by atoms with Crippen LogP contribution in [0.4, 0.5) is 0 Å². The van der Waals surface area contributed by atoms with Crippen LogP contribution in [-0.2, 0) is 23.7 Å². The zero-order valence-electron chi connectivity index (χ0n) is 66.8. The van der Waals surface area contributed by atoms with E-state index in [2.05, 4.69) is 55.6 Å². The first-order valence-corrected chi connectivity index (χ1v) is 44.4. The lowest BCUT2D eigenvalue weighted by Gasteiger charge is -2.46. The van der Waals surface area contributed by atoms with E-state index in [9.17, 15) is 45.6 Å². The quantitative estimate of drug-likeness (QED) is 0.0204. The third-order valence-corrected chi connectivity index (χ3v) is 21.7. The van der Waals surface area contributed by atoms with Gasteiger partial charge in [0.2, 0.25) is 5.91 Å². The Morgan fingerprint density at radius 2 is 0.650 bits per heavy atom. The summed E-state index contributed by atoms with van der Waals surface area (Å²) >= 11 is 0. The minimum absolute atomic E-state index is 0.240. The topological polar surface area (TPSA) is 228 Å². The molecule has 0 radical (unpaired) electrons. The number of aliphatic hydroxyl groups is 8. The Labute approximate surface area is 633 Å². The van der Waals surface area contributed by atoms with Crippen molar-refractivity contribution in [2.75, 3.05) is 19.8 Å². The first-order chi connectivity index (χ1) is 50.6. The number of aliphatic hydroxyl groups excluding tert-OH is 8. The SMILES string of the molecule is CCCCCCC/C=C\C/C=C\CCCCCCCCCCCCCCCCCCCCCCCCCCCCCCCC(=O)NC(COC1OC(CO)C(OC2OC(CO)C(O)C(O)C2O)C(O)C1O)C(O)/C=C/CC/C=C/CCCCCCCCCCCCCCCCCCCCCCCC. The second kappa shape index (κ2) is 72.8. The summed E-state index contributed by atoms with van der Waals surface area (Å²) in [6.45, 7) is 2.84. The van der Waals surface area contributed by atoms with E-state index < -0.39 is 86.8 Å². The number of nitrogens with one attached hydrogen (secondary N) is 1. The van der Waals surface area contributed by atoms with Crippen LogP contribution in [-0.4, -0.2) is 140 Å². The van der Waals surface area contributed by atoms with Crippen molar-refractivity contribution in [3.63, 3.8) is 0 Å². The maximum Gasteiger partial charge on any atom is 0.220 e. The monoisotopic (exact) mass is 1460 g/mol. The van der Waals surface area contributed by atoms with Crippen molar-refractivity contribution in [3.05, 3.63) is 48.6 Å². The molecule has 12 atom stereocenters. The zero-order valence-corrected chi connectivity index (χ0v) is 66.8. The van der Waals surface area contributed by atoms with Crippen molar-refractivity contribution in [3.8, 4) is 0 Å². The molecule has 0 saturated carbocycles. The van der Waals surface area contributed by atoms with Crippen molar-refractivity contribution in [1.82, 2.24) is 5.32 Å². The van der Waals surface area contributed by atoms with Gasteiger partial charge in [-0.2, -0.15) is 0 Å². The summed E-state index contributed by atoms with van der Waals surface area (Å²) in [5.74, 6) is -0.240. The zero-order chi connectivity index (χ0) is 74.4. The molecule has 0 spiro atoms. The van der Waals surface area contributed by atoms with E-state index >= 15 is 0 Å². The Morgan fingerprint density at radius 1 is 0.350 bits per heavy atom. The number of unbranched alkanes of at least 4 members (excludes halogenated alkanes) is 57. The minimum Gasteiger partial charge on any atom is -0.394 e. The molecule has 14 heteroatoms. The van der Waals surface area contributed by atoms with E-state index in [4.69, 9.17) is 18.9 Å². The molecule has 14 nitrogen and oxygen atoms in total. The van der Waals surface area contributed by atoms with E-state index in [0.717, 1.165) is 38.5 Å². The first-order valence-electron chi connectivity index (χ1n) is 44.4. The van der Waals surface area contributed by atoms with Gasteiger partial charge in [-0.3, -0.25) is 4.79 Å². The molecule has 2 aliphatic rings. The number of hydrogen-bond acceptors (Lipinski definition) is 13. The average Bonchev–Trinajstić information content (AvgIpc) is 0.791. The van der Waals surface area contributed by atoms with Gasteiger partial charge < -0.3 is 65.1 Å². The number of carbonyl (C=O) groups is 1. The molecular weight excluding hydrogens is 1290 g/mol. The van der Waals surface area contributed by atoms with Crippen LogP contribution in [0.2, 0.25) is 0 Å². The number of allylic oxidation sites excluding steroid dienone is 7. The van der Waals surface area contributed by atoms with Crippen molar-refractivity contribution < 1.29 is 64.6 Å². The first kappa shape index (κ1) is 97.0. The number of hydrogen-bond donors (Lipinski definition) is 9. The fourth-order valence-electron chi connectivity index (χ4n) is 14.8. The fourth-order valence-corrected chi connectivity index (χ4v) is 14.8. The van der Waals surface area contributed by atoms with Crippen molar-refractivity contribution in [1.29, 1.82) is 0 Å².